The van der Waals surface area contributed by atoms with Gasteiger partial charge in [0, 0.05) is 5.56 Å². The summed E-state index contributed by atoms with van der Waals surface area (Å²) in [6.45, 7) is 0.203. The highest BCUT2D eigenvalue weighted by atomic mass is 79.9. The van der Waals surface area contributed by atoms with Crippen LogP contribution in [-0.4, -0.2) is 34.0 Å². The fourth-order valence-corrected chi connectivity index (χ4v) is 2.61. The van der Waals surface area contributed by atoms with Crippen LogP contribution in [0.1, 0.15) is 5.56 Å². The smallest absolute Gasteiger partial charge is 0.264 e. The van der Waals surface area contributed by atoms with Crippen molar-refractivity contribution in [3.8, 4) is 0 Å². The van der Waals surface area contributed by atoms with Gasteiger partial charge in [-0.1, -0.05) is 30.3 Å². The number of alkyl halides is 1. The maximum Gasteiger partial charge on any atom is 0.264 e. The predicted molar refractivity (Wildman–Crippen MR) is 68.7 cm³/mol. The summed E-state index contributed by atoms with van der Waals surface area (Å²) in [5.41, 5.74) is 0.812. The van der Waals surface area contributed by atoms with Crippen LogP contribution in [0.5, 0.6) is 0 Å². The van der Waals surface area contributed by atoms with E-state index in [0.717, 1.165) is 11.8 Å². The van der Waals surface area contributed by atoms with Crippen molar-refractivity contribution in [3.05, 3.63) is 35.9 Å². The van der Waals surface area contributed by atoms with E-state index in [-0.39, 0.29) is 13.2 Å². The molecule has 1 aromatic rings. The van der Waals surface area contributed by atoms with Gasteiger partial charge in [-0.25, -0.2) is 0 Å². The molecule has 100 valence electrons. The van der Waals surface area contributed by atoms with Crippen LogP contribution < -0.4 is 0 Å². The molecule has 0 amide bonds. The van der Waals surface area contributed by atoms with Crippen molar-refractivity contribution >= 4 is 26.0 Å². The highest BCUT2D eigenvalue weighted by Gasteiger charge is 2.41. The predicted octanol–water partition coefficient (Wildman–Crippen LogP) is 1.58. The van der Waals surface area contributed by atoms with Gasteiger partial charge in [-0.15, -0.1) is 0 Å². The maximum absolute atomic E-state index is 10.9. The van der Waals surface area contributed by atoms with Gasteiger partial charge in [-0.05, 0) is 15.9 Å². The third-order valence-corrected chi connectivity index (χ3v) is 3.80. The Bertz CT molecular complexity index is 503. The van der Waals surface area contributed by atoms with E-state index in [1.165, 1.54) is 0 Å². The Morgan fingerprint density at radius 1 is 1.44 bits per heavy atom. The van der Waals surface area contributed by atoms with Crippen LogP contribution in [0, 0.1) is 0 Å². The molecule has 1 fully saturated rings. The maximum atomic E-state index is 10.9. The first-order valence-corrected chi connectivity index (χ1v) is 7.91. The Morgan fingerprint density at radius 3 is 2.72 bits per heavy atom. The summed E-state index contributed by atoms with van der Waals surface area (Å²) < 4.78 is 36.6. The van der Waals surface area contributed by atoms with Crippen molar-refractivity contribution in [2.24, 2.45) is 0 Å². The molecular formula is C11H13BrO5S. The van der Waals surface area contributed by atoms with E-state index in [2.05, 4.69) is 20.1 Å². The van der Waals surface area contributed by atoms with Gasteiger partial charge in [0.25, 0.3) is 14.8 Å². The molecule has 0 unspecified atom stereocenters. The van der Waals surface area contributed by atoms with Crippen molar-refractivity contribution in [3.63, 3.8) is 0 Å². The lowest BCUT2D eigenvalue weighted by Gasteiger charge is -2.21. The van der Waals surface area contributed by atoms with Crippen LogP contribution in [0.2, 0.25) is 0 Å². The topological polar surface area (TPSA) is 61.8 Å². The van der Waals surface area contributed by atoms with Gasteiger partial charge in [0.05, 0.1) is 19.5 Å². The number of rotatable bonds is 4. The van der Waals surface area contributed by atoms with E-state index in [4.69, 9.17) is 9.47 Å². The summed E-state index contributed by atoms with van der Waals surface area (Å²) in [6.07, 6.45) is 0.570. The summed E-state index contributed by atoms with van der Waals surface area (Å²) in [5, 5.41) is 0. The third-order valence-electron chi connectivity index (χ3n) is 2.36. The number of hydrogen-bond donors (Lipinski definition) is 0. The molecule has 2 rings (SSSR count). The minimum atomic E-state index is -3.46. The zero-order chi connectivity index (χ0) is 13.2. The molecule has 1 saturated heterocycles. The number of hydrogen-bond acceptors (Lipinski definition) is 5. The first kappa shape index (κ1) is 14.0. The normalized spacial score (nSPS) is 28.4. The Balaban J connectivity index is 1.99. The quantitative estimate of drug-likeness (QED) is 0.617. The molecule has 7 heteroatoms. The second kappa shape index (κ2) is 5.26. The van der Waals surface area contributed by atoms with E-state index in [9.17, 15) is 8.42 Å². The molecule has 5 nitrogen and oxygen atoms in total. The Kier molecular flexibility index (Phi) is 4.08. The lowest BCUT2D eigenvalue weighted by atomic mass is 10.2. The molecule has 1 aromatic carbocycles. The van der Waals surface area contributed by atoms with Gasteiger partial charge in [0.2, 0.25) is 0 Å². The van der Waals surface area contributed by atoms with E-state index in [1.807, 2.05) is 30.3 Å². The lowest BCUT2D eigenvalue weighted by Crippen LogP contribution is -2.24. The molecule has 0 spiro atoms. The minimum Gasteiger partial charge on any atom is -0.334 e. The largest absolute Gasteiger partial charge is 0.334 e. The van der Waals surface area contributed by atoms with Gasteiger partial charge in [0.1, 0.15) is 6.10 Å². The molecule has 0 saturated carbocycles. The van der Waals surface area contributed by atoms with E-state index in [0.29, 0.717) is 0 Å². The lowest BCUT2D eigenvalue weighted by molar-refractivity contribution is -0.0936. The summed E-state index contributed by atoms with van der Waals surface area (Å²) in [4.78, 5) is 0. The highest BCUT2D eigenvalue weighted by Crippen LogP contribution is 2.39. The minimum absolute atomic E-state index is 0.0565. The van der Waals surface area contributed by atoms with Gasteiger partial charge >= 0.3 is 0 Å². The molecule has 1 aliphatic heterocycles. The molecule has 18 heavy (non-hydrogen) atoms. The SMILES string of the molecule is CS(=O)(=O)OC[C@@H]1CO[C@@](Br)(c2ccccc2)O1. The Hall–Kier alpha value is -0.470. The van der Waals surface area contributed by atoms with Crippen molar-refractivity contribution in [2.45, 2.75) is 10.8 Å². The third kappa shape index (κ3) is 3.52. The van der Waals surface area contributed by atoms with Crippen LogP contribution in [0.15, 0.2) is 30.3 Å². The van der Waals surface area contributed by atoms with Crippen LogP contribution in [0.4, 0.5) is 0 Å². The summed E-state index contributed by atoms with van der Waals surface area (Å²) in [6, 6.07) is 9.33. The van der Waals surface area contributed by atoms with Gasteiger partial charge in [-0.2, -0.15) is 8.42 Å². The second-order valence-electron chi connectivity index (χ2n) is 3.94. The second-order valence-corrected chi connectivity index (χ2v) is 6.63. The summed E-state index contributed by atoms with van der Waals surface area (Å²) in [5.74, 6) is 0. The fourth-order valence-electron chi connectivity index (χ4n) is 1.55. The molecular weight excluding hydrogens is 324 g/mol. The van der Waals surface area contributed by atoms with Crippen LogP contribution in [0.25, 0.3) is 0 Å². The first-order chi connectivity index (χ1) is 8.39. The average molecular weight is 337 g/mol. The van der Waals surface area contributed by atoms with E-state index in [1.54, 1.807) is 0 Å². The molecule has 1 aliphatic rings. The Labute approximate surface area is 114 Å². The van der Waals surface area contributed by atoms with Crippen molar-refractivity contribution in [1.29, 1.82) is 0 Å². The van der Waals surface area contributed by atoms with Crippen LogP contribution in [-0.2, 0) is 28.5 Å². The van der Waals surface area contributed by atoms with Crippen LogP contribution >= 0.6 is 15.9 Å². The molecule has 0 N–H and O–H groups in total. The zero-order valence-electron chi connectivity index (χ0n) is 9.71. The molecule has 0 aromatic heterocycles. The van der Waals surface area contributed by atoms with Gasteiger partial charge in [-0.3, -0.25) is 4.18 Å². The highest BCUT2D eigenvalue weighted by molar-refractivity contribution is 9.09. The molecule has 2 atom stereocenters. The Morgan fingerprint density at radius 2 is 2.11 bits per heavy atom. The van der Waals surface area contributed by atoms with Gasteiger partial charge < -0.3 is 9.47 Å². The van der Waals surface area contributed by atoms with Crippen LogP contribution in [0.3, 0.4) is 0 Å². The van der Waals surface area contributed by atoms with Crippen molar-refractivity contribution in [1.82, 2.24) is 0 Å². The standard InChI is InChI=1S/C11H13BrO5S/c1-18(13,14)16-8-10-7-15-11(12,17-10)9-5-3-2-4-6-9/h2-6,10H,7-8H2,1H3/t10-,11-/m0/s1. The molecule has 0 bridgehead atoms. The fraction of sp³-hybridized carbons (Fsp3) is 0.455. The number of halogens is 1. The van der Waals surface area contributed by atoms with Crippen molar-refractivity contribution in [2.75, 3.05) is 19.5 Å². The number of ether oxygens (including phenoxy) is 2. The summed E-state index contributed by atoms with van der Waals surface area (Å²) >= 11 is 3.37. The molecule has 0 radical (unpaired) electrons. The van der Waals surface area contributed by atoms with E-state index < -0.39 is 20.9 Å². The first-order valence-electron chi connectivity index (χ1n) is 5.30. The summed E-state index contributed by atoms with van der Waals surface area (Å²) in [7, 11) is -3.46. The molecule has 1 heterocycles. The van der Waals surface area contributed by atoms with Gasteiger partial charge in [0.15, 0.2) is 0 Å². The monoisotopic (exact) mass is 336 g/mol. The average Bonchev–Trinajstić information content (AvgIpc) is 2.71. The number of benzene rings is 1. The zero-order valence-corrected chi connectivity index (χ0v) is 12.1. The molecule has 0 aliphatic carbocycles. The van der Waals surface area contributed by atoms with Crippen molar-refractivity contribution < 1.29 is 22.1 Å². The van der Waals surface area contributed by atoms with E-state index >= 15 is 0 Å².